The molecular formula is C23H35NO3. The number of ether oxygens (including phenoxy) is 2. The first kappa shape index (κ1) is 21.5. The fourth-order valence-electron chi connectivity index (χ4n) is 4.53. The topological polar surface area (TPSA) is 41.9 Å². The zero-order valence-corrected chi connectivity index (χ0v) is 18.3. The number of aliphatic hydroxyl groups is 1. The molecule has 1 aromatic carbocycles. The molecular weight excluding hydrogens is 338 g/mol. The number of nitrogens with zero attached hydrogens (tertiary/aromatic N) is 1. The summed E-state index contributed by atoms with van der Waals surface area (Å²) in [6.45, 7) is 10.3. The van der Waals surface area contributed by atoms with Gasteiger partial charge in [-0.05, 0) is 61.1 Å². The highest BCUT2D eigenvalue weighted by molar-refractivity contribution is 5.56. The maximum atomic E-state index is 11.5. The maximum Gasteiger partial charge on any atom is 0.121 e. The third-order valence-corrected chi connectivity index (χ3v) is 6.10. The Balaban J connectivity index is 2.85. The number of methoxy groups -OCH3 is 2. The van der Waals surface area contributed by atoms with Crippen molar-refractivity contribution >= 4 is 5.69 Å². The molecule has 1 aliphatic carbocycles. The number of aliphatic hydroxyl groups excluding tert-OH is 1. The average molecular weight is 374 g/mol. The SMILES string of the molecule is COC1=C(C)C(c2ccc(N(C)C)cc2)(C(O)C(C)C)C(OC)C(C)=C1C. The monoisotopic (exact) mass is 373 g/mol. The molecule has 0 aliphatic heterocycles. The standard InChI is InChI=1S/C23H35NO3/c1-14(2)21(25)23(18-10-12-19(13-11-18)24(6)7)17(5)20(26-8)15(3)16(4)22(23)27-9/h10-14,21-22,25H,1-9H3. The lowest BCUT2D eigenvalue weighted by Crippen LogP contribution is -2.55. The molecule has 1 aromatic rings. The number of hydrogen-bond donors (Lipinski definition) is 1. The Kier molecular flexibility index (Phi) is 6.43. The smallest absolute Gasteiger partial charge is 0.121 e. The van der Waals surface area contributed by atoms with E-state index >= 15 is 0 Å². The van der Waals surface area contributed by atoms with Crippen LogP contribution in [-0.2, 0) is 14.9 Å². The van der Waals surface area contributed by atoms with Crippen molar-refractivity contribution in [3.05, 3.63) is 52.3 Å². The lowest BCUT2D eigenvalue weighted by atomic mass is 9.59. The van der Waals surface area contributed by atoms with Gasteiger partial charge in [0.2, 0.25) is 0 Å². The number of allylic oxidation sites excluding steroid dienone is 1. The number of anilines is 1. The highest BCUT2D eigenvalue weighted by Crippen LogP contribution is 2.50. The summed E-state index contributed by atoms with van der Waals surface area (Å²) in [5.74, 6) is 0.896. The van der Waals surface area contributed by atoms with E-state index < -0.39 is 11.5 Å². The van der Waals surface area contributed by atoms with Crippen LogP contribution in [0.25, 0.3) is 0 Å². The summed E-state index contributed by atoms with van der Waals surface area (Å²) in [4.78, 5) is 2.07. The molecule has 0 radical (unpaired) electrons. The molecule has 0 amide bonds. The minimum Gasteiger partial charge on any atom is -0.497 e. The van der Waals surface area contributed by atoms with Crippen LogP contribution in [-0.4, -0.2) is 45.6 Å². The van der Waals surface area contributed by atoms with Gasteiger partial charge < -0.3 is 19.5 Å². The van der Waals surface area contributed by atoms with E-state index in [4.69, 9.17) is 9.47 Å². The van der Waals surface area contributed by atoms with Crippen LogP contribution in [0.4, 0.5) is 5.69 Å². The molecule has 4 nitrogen and oxygen atoms in total. The van der Waals surface area contributed by atoms with Gasteiger partial charge in [0.25, 0.3) is 0 Å². The Bertz CT molecular complexity index is 730. The Morgan fingerprint density at radius 3 is 2.00 bits per heavy atom. The van der Waals surface area contributed by atoms with Crippen LogP contribution in [0.1, 0.15) is 40.2 Å². The van der Waals surface area contributed by atoms with Gasteiger partial charge >= 0.3 is 0 Å². The van der Waals surface area contributed by atoms with Crippen LogP contribution >= 0.6 is 0 Å². The highest BCUT2D eigenvalue weighted by atomic mass is 16.5. The van der Waals surface area contributed by atoms with Gasteiger partial charge in [-0.3, -0.25) is 0 Å². The molecule has 0 spiro atoms. The van der Waals surface area contributed by atoms with E-state index in [1.165, 1.54) is 0 Å². The summed E-state index contributed by atoms with van der Waals surface area (Å²) in [5, 5.41) is 11.5. The van der Waals surface area contributed by atoms with Crippen LogP contribution in [0.2, 0.25) is 0 Å². The van der Waals surface area contributed by atoms with Gasteiger partial charge in [0.05, 0.1) is 24.7 Å². The van der Waals surface area contributed by atoms with Gasteiger partial charge in [-0.1, -0.05) is 26.0 Å². The third kappa shape index (κ3) is 3.30. The molecule has 0 heterocycles. The van der Waals surface area contributed by atoms with E-state index in [1.54, 1.807) is 14.2 Å². The van der Waals surface area contributed by atoms with E-state index in [2.05, 4.69) is 49.9 Å². The van der Waals surface area contributed by atoms with E-state index in [-0.39, 0.29) is 12.0 Å². The fraction of sp³-hybridized carbons (Fsp3) is 0.565. The first-order valence-corrected chi connectivity index (χ1v) is 9.56. The predicted molar refractivity (Wildman–Crippen MR) is 112 cm³/mol. The largest absolute Gasteiger partial charge is 0.497 e. The molecule has 2 rings (SSSR count). The molecule has 0 aromatic heterocycles. The van der Waals surface area contributed by atoms with Crippen molar-refractivity contribution in [1.82, 2.24) is 0 Å². The zero-order valence-electron chi connectivity index (χ0n) is 18.3. The minimum absolute atomic E-state index is 0.0513. The second-order valence-electron chi connectivity index (χ2n) is 8.08. The van der Waals surface area contributed by atoms with E-state index in [0.717, 1.165) is 33.7 Å². The van der Waals surface area contributed by atoms with Crippen LogP contribution in [0.15, 0.2) is 46.7 Å². The molecule has 0 fully saturated rings. The summed E-state index contributed by atoms with van der Waals surface area (Å²) in [6.07, 6.45) is -0.889. The first-order valence-electron chi connectivity index (χ1n) is 9.56. The van der Waals surface area contributed by atoms with E-state index in [0.29, 0.717) is 0 Å². The predicted octanol–water partition coefficient (Wildman–Crippen LogP) is 4.29. The molecule has 150 valence electrons. The lowest BCUT2D eigenvalue weighted by Gasteiger charge is -2.50. The van der Waals surface area contributed by atoms with E-state index in [9.17, 15) is 5.11 Å². The maximum absolute atomic E-state index is 11.5. The first-order chi connectivity index (χ1) is 12.6. The number of hydrogen-bond acceptors (Lipinski definition) is 4. The van der Waals surface area contributed by atoms with Crippen LogP contribution in [0.3, 0.4) is 0 Å². The van der Waals surface area contributed by atoms with Gasteiger partial charge in [0.15, 0.2) is 0 Å². The molecule has 3 atom stereocenters. The van der Waals surface area contributed by atoms with Crippen molar-refractivity contribution in [2.75, 3.05) is 33.2 Å². The molecule has 0 bridgehead atoms. The Morgan fingerprint density at radius 2 is 1.59 bits per heavy atom. The van der Waals surface area contributed by atoms with Gasteiger partial charge in [-0.15, -0.1) is 0 Å². The molecule has 1 N–H and O–H groups in total. The van der Waals surface area contributed by atoms with Crippen LogP contribution in [0.5, 0.6) is 0 Å². The normalized spacial score (nSPS) is 24.5. The summed E-state index contributed by atoms with van der Waals surface area (Å²) < 4.78 is 11.8. The van der Waals surface area contributed by atoms with Crippen molar-refractivity contribution in [1.29, 1.82) is 0 Å². The third-order valence-electron chi connectivity index (χ3n) is 6.10. The van der Waals surface area contributed by atoms with Gasteiger partial charge in [0.1, 0.15) is 5.76 Å². The lowest BCUT2D eigenvalue weighted by molar-refractivity contribution is -0.0284. The summed E-state index contributed by atoms with van der Waals surface area (Å²) in [6, 6.07) is 8.41. The van der Waals surface area contributed by atoms with Gasteiger partial charge in [0, 0.05) is 26.9 Å². The van der Waals surface area contributed by atoms with Crippen LogP contribution < -0.4 is 4.90 Å². The second kappa shape index (κ2) is 8.07. The molecule has 1 aliphatic rings. The molecule has 27 heavy (non-hydrogen) atoms. The number of rotatable bonds is 6. The fourth-order valence-corrected chi connectivity index (χ4v) is 4.53. The minimum atomic E-state index is -0.706. The molecule has 0 saturated heterocycles. The van der Waals surface area contributed by atoms with Gasteiger partial charge in [-0.2, -0.15) is 0 Å². The average Bonchev–Trinajstić information content (AvgIpc) is 2.64. The quantitative estimate of drug-likeness (QED) is 0.808. The zero-order chi connectivity index (χ0) is 20.5. The number of benzene rings is 1. The molecule has 4 heteroatoms. The van der Waals surface area contributed by atoms with Crippen LogP contribution in [0, 0.1) is 5.92 Å². The summed E-state index contributed by atoms with van der Waals surface area (Å²) >= 11 is 0. The van der Waals surface area contributed by atoms with Gasteiger partial charge in [-0.25, -0.2) is 0 Å². The van der Waals surface area contributed by atoms with Crippen molar-refractivity contribution in [3.63, 3.8) is 0 Å². The van der Waals surface area contributed by atoms with Crippen molar-refractivity contribution in [3.8, 4) is 0 Å². The summed E-state index contributed by atoms with van der Waals surface area (Å²) in [5.41, 5.74) is 4.64. The second-order valence-corrected chi connectivity index (χ2v) is 8.08. The highest BCUT2D eigenvalue weighted by Gasteiger charge is 2.53. The molecule has 0 saturated carbocycles. The van der Waals surface area contributed by atoms with E-state index in [1.807, 2.05) is 27.9 Å². The molecule has 3 unspecified atom stereocenters. The Morgan fingerprint density at radius 1 is 1.04 bits per heavy atom. The van der Waals surface area contributed by atoms with Crippen molar-refractivity contribution < 1.29 is 14.6 Å². The summed E-state index contributed by atoms with van der Waals surface area (Å²) in [7, 11) is 7.47. The Hall–Kier alpha value is -1.78. The van der Waals surface area contributed by atoms with Crippen molar-refractivity contribution in [2.24, 2.45) is 5.92 Å². The van der Waals surface area contributed by atoms with Crippen molar-refractivity contribution in [2.45, 2.75) is 52.2 Å². The Labute approximate surface area is 164 Å².